The van der Waals surface area contributed by atoms with Crippen molar-refractivity contribution in [3.8, 4) is 0 Å². The van der Waals surface area contributed by atoms with Crippen LogP contribution in [0.15, 0.2) is 89.1 Å². The molecule has 3 aromatic carbocycles. The Labute approximate surface area is 164 Å². The van der Waals surface area contributed by atoms with Crippen molar-refractivity contribution in [2.24, 2.45) is 0 Å². The molecule has 5 heteroatoms. The van der Waals surface area contributed by atoms with Gasteiger partial charge in [-0.15, -0.1) is 0 Å². The maximum atomic E-state index is 13.5. The number of halogens is 2. The number of aliphatic hydroxyl groups excluding tert-OH is 1. The van der Waals surface area contributed by atoms with Crippen LogP contribution in [0.1, 0.15) is 17.2 Å². The molecule has 1 atom stereocenters. The summed E-state index contributed by atoms with van der Waals surface area (Å²) in [6.07, 6.45) is 0. The van der Waals surface area contributed by atoms with E-state index in [1.165, 1.54) is 17.0 Å². The van der Waals surface area contributed by atoms with E-state index in [2.05, 4.69) is 15.9 Å². The molecule has 27 heavy (non-hydrogen) atoms. The van der Waals surface area contributed by atoms with Crippen molar-refractivity contribution in [2.75, 3.05) is 4.90 Å². The molecule has 0 radical (unpaired) electrons. The first-order valence-corrected chi connectivity index (χ1v) is 9.18. The highest BCUT2D eigenvalue weighted by Crippen LogP contribution is 2.45. The molecule has 1 aliphatic rings. The Morgan fingerprint density at radius 3 is 2.15 bits per heavy atom. The van der Waals surface area contributed by atoms with Crippen molar-refractivity contribution in [1.82, 2.24) is 0 Å². The Morgan fingerprint density at radius 1 is 0.889 bits per heavy atom. The number of benzene rings is 3. The summed E-state index contributed by atoms with van der Waals surface area (Å²) in [4.78, 5) is 14.5. The third-order valence-electron chi connectivity index (χ3n) is 4.58. The molecule has 4 rings (SSSR count). The van der Waals surface area contributed by atoms with Crippen LogP contribution in [-0.4, -0.2) is 11.0 Å². The summed E-state index contributed by atoms with van der Waals surface area (Å²) in [7, 11) is 0. The van der Waals surface area contributed by atoms with Gasteiger partial charge in [0.2, 0.25) is 0 Å². The lowest BCUT2D eigenvalue weighted by atomic mass is 9.93. The summed E-state index contributed by atoms with van der Waals surface area (Å²) in [6.45, 7) is 0. The fraction of sp³-hybridized carbons (Fsp3) is 0.0455. The normalized spacial score (nSPS) is 16.9. The number of hydrogen-bond donors (Lipinski definition) is 1. The average molecular weight is 424 g/mol. The lowest BCUT2D eigenvalue weighted by molar-refractivity contribution is -0.117. The van der Waals surface area contributed by atoms with E-state index in [-0.39, 0.29) is 11.6 Å². The predicted molar refractivity (Wildman–Crippen MR) is 107 cm³/mol. The number of carbonyl (C=O) groups is 1. The Morgan fingerprint density at radius 2 is 1.52 bits per heavy atom. The number of amides is 1. The molecule has 1 N–H and O–H groups in total. The molecule has 0 saturated carbocycles. The smallest absolute Gasteiger partial charge is 0.294 e. The number of aliphatic hydroxyl groups is 1. The second kappa shape index (κ2) is 7.00. The number of rotatable bonds is 3. The largest absolute Gasteiger partial charge is 0.503 e. The lowest BCUT2D eigenvalue weighted by Crippen LogP contribution is -2.30. The average Bonchev–Trinajstić information content (AvgIpc) is 2.95. The first-order valence-electron chi connectivity index (χ1n) is 8.39. The molecule has 0 fully saturated rings. The molecule has 0 unspecified atom stereocenters. The Kier molecular flexibility index (Phi) is 4.54. The third-order valence-corrected chi connectivity index (χ3v) is 5.11. The maximum absolute atomic E-state index is 13.5. The van der Waals surface area contributed by atoms with E-state index in [4.69, 9.17) is 0 Å². The Balaban J connectivity index is 1.90. The van der Waals surface area contributed by atoms with E-state index in [1.54, 1.807) is 24.3 Å². The summed E-state index contributed by atoms with van der Waals surface area (Å²) in [5.41, 5.74) is 2.62. The lowest BCUT2D eigenvalue weighted by Gasteiger charge is -2.27. The molecule has 1 amide bonds. The van der Waals surface area contributed by atoms with Crippen LogP contribution in [0.4, 0.5) is 10.1 Å². The zero-order chi connectivity index (χ0) is 19.0. The minimum absolute atomic E-state index is 0.293. The van der Waals surface area contributed by atoms with Gasteiger partial charge in [0.1, 0.15) is 5.82 Å². The van der Waals surface area contributed by atoms with Crippen LogP contribution in [0.5, 0.6) is 0 Å². The Bertz CT molecular complexity index is 1010. The molecular weight excluding hydrogens is 409 g/mol. The second-order valence-electron chi connectivity index (χ2n) is 6.23. The van der Waals surface area contributed by atoms with Crippen LogP contribution in [0.3, 0.4) is 0 Å². The predicted octanol–water partition coefficient (Wildman–Crippen LogP) is 5.65. The van der Waals surface area contributed by atoms with Gasteiger partial charge in [0.25, 0.3) is 5.91 Å². The van der Waals surface area contributed by atoms with E-state index in [0.717, 1.165) is 15.6 Å². The molecule has 0 aromatic heterocycles. The van der Waals surface area contributed by atoms with Gasteiger partial charge in [-0.2, -0.15) is 0 Å². The number of hydrogen-bond acceptors (Lipinski definition) is 2. The molecule has 134 valence electrons. The molecule has 3 aromatic rings. The first kappa shape index (κ1) is 17.5. The van der Waals surface area contributed by atoms with E-state index in [9.17, 15) is 14.3 Å². The maximum Gasteiger partial charge on any atom is 0.294 e. The molecule has 0 saturated heterocycles. The van der Waals surface area contributed by atoms with Gasteiger partial charge in [0.15, 0.2) is 5.76 Å². The SMILES string of the molecule is O=C1C(O)=C(c2ccccc2)[C@@H](c2ccc(F)cc2)N1c1ccc(Br)cc1. The van der Waals surface area contributed by atoms with Crippen LogP contribution in [0.25, 0.3) is 5.57 Å². The van der Waals surface area contributed by atoms with Crippen molar-refractivity contribution in [2.45, 2.75) is 6.04 Å². The van der Waals surface area contributed by atoms with E-state index < -0.39 is 11.9 Å². The monoisotopic (exact) mass is 423 g/mol. The van der Waals surface area contributed by atoms with Crippen LogP contribution < -0.4 is 4.90 Å². The summed E-state index contributed by atoms with van der Waals surface area (Å²) >= 11 is 3.39. The van der Waals surface area contributed by atoms with E-state index in [0.29, 0.717) is 11.3 Å². The van der Waals surface area contributed by atoms with Gasteiger partial charge >= 0.3 is 0 Å². The van der Waals surface area contributed by atoms with Gasteiger partial charge in [-0.05, 0) is 47.5 Å². The first-order chi connectivity index (χ1) is 13.1. The van der Waals surface area contributed by atoms with Crippen LogP contribution >= 0.6 is 15.9 Å². The molecule has 3 nitrogen and oxygen atoms in total. The molecule has 0 aliphatic carbocycles. The van der Waals surface area contributed by atoms with Crippen molar-refractivity contribution < 1.29 is 14.3 Å². The minimum atomic E-state index is -0.554. The van der Waals surface area contributed by atoms with Crippen LogP contribution in [-0.2, 0) is 4.79 Å². The van der Waals surface area contributed by atoms with Gasteiger partial charge in [0, 0.05) is 15.7 Å². The fourth-order valence-electron chi connectivity index (χ4n) is 3.35. The third kappa shape index (κ3) is 3.15. The van der Waals surface area contributed by atoms with Gasteiger partial charge in [0.05, 0.1) is 6.04 Å². The molecule has 0 spiro atoms. The highest BCUT2D eigenvalue weighted by molar-refractivity contribution is 9.10. The molecule has 1 heterocycles. The topological polar surface area (TPSA) is 40.5 Å². The quantitative estimate of drug-likeness (QED) is 0.591. The second-order valence-corrected chi connectivity index (χ2v) is 7.15. The molecule has 1 aliphatic heterocycles. The summed E-state index contributed by atoms with van der Waals surface area (Å²) in [6, 6.07) is 22.0. The van der Waals surface area contributed by atoms with Crippen LogP contribution in [0, 0.1) is 5.82 Å². The van der Waals surface area contributed by atoms with E-state index in [1.807, 2.05) is 42.5 Å². The zero-order valence-electron chi connectivity index (χ0n) is 14.1. The summed E-state index contributed by atoms with van der Waals surface area (Å²) < 4.78 is 14.4. The summed E-state index contributed by atoms with van der Waals surface area (Å²) in [5.74, 6) is -1.13. The van der Waals surface area contributed by atoms with Crippen molar-refractivity contribution in [3.63, 3.8) is 0 Å². The highest BCUT2D eigenvalue weighted by Gasteiger charge is 2.41. The van der Waals surface area contributed by atoms with Gasteiger partial charge in [-0.3, -0.25) is 9.69 Å². The van der Waals surface area contributed by atoms with Gasteiger partial charge in [-0.25, -0.2) is 4.39 Å². The fourth-order valence-corrected chi connectivity index (χ4v) is 3.61. The number of carbonyl (C=O) groups excluding carboxylic acids is 1. The van der Waals surface area contributed by atoms with Crippen molar-refractivity contribution >= 4 is 33.1 Å². The van der Waals surface area contributed by atoms with Gasteiger partial charge in [-0.1, -0.05) is 58.4 Å². The minimum Gasteiger partial charge on any atom is -0.503 e. The summed E-state index contributed by atoms with van der Waals surface area (Å²) in [5, 5.41) is 10.7. The van der Waals surface area contributed by atoms with E-state index >= 15 is 0 Å². The van der Waals surface area contributed by atoms with Crippen molar-refractivity contribution in [1.29, 1.82) is 0 Å². The van der Waals surface area contributed by atoms with Gasteiger partial charge < -0.3 is 5.11 Å². The Hall–Kier alpha value is -2.92. The highest BCUT2D eigenvalue weighted by atomic mass is 79.9. The zero-order valence-corrected chi connectivity index (χ0v) is 15.7. The van der Waals surface area contributed by atoms with Crippen LogP contribution in [0.2, 0.25) is 0 Å². The van der Waals surface area contributed by atoms with Crippen molar-refractivity contribution in [3.05, 3.63) is 106 Å². The molecule has 0 bridgehead atoms. The standard InChI is InChI=1S/C22H15BrFNO2/c23-16-8-12-18(13-9-16)25-20(15-6-10-17(24)11-7-15)19(21(26)22(25)27)14-4-2-1-3-5-14/h1-13,20,26H/t20-/m1/s1. The number of anilines is 1. The number of nitrogens with zero attached hydrogens (tertiary/aromatic N) is 1. The molecular formula is C22H15BrFNO2.